The molecule has 2 N–H and O–H groups in total. The molecule has 0 fully saturated rings. The summed E-state index contributed by atoms with van der Waals surface area (Å²) in [6, 6.07) is 13.0. The first-order chi connectivity index (χ1) is 9.16. The molecule has 0 aliphatic heterocycles. The van der Waals surface area contributed by atoms with Gasteiger partial charge in [-0.2, -0.15) is 0 Å². The monoisotopic (exact) mass is 314 g/mol. The van der Waals surface area contributed by atoms with Crippen LogP contribution in [0.25, 0.3) is 0 Å². The maximum atomic E-state index is 6.06. The summed E-state index contributed by atoms with van der Waals surface area (Å²) in [4.78, 5) is 0. The minimum atomic E-state index is 0.616. The summed E-state index contributed by atoms with van der Waals surface area (Å²) in [6.07, 6.45) is 0. The molecule has 2 aromatic carbocycles. The summed E-state index contributed by atoms with van der Waals surface area (Å²) in [5, 5.41) is 8.44. The standard InChI is InChI=1S/C14H13Cl3N2/c15-10-5-6-14(12(17)9-10)19-8-7-18-13-4-2-1-3-11(13)16/h1-6,9,18-19H,7-8H2. The third kappa shape index (κ3) is 4.20. The molecule has 0 radical (unpaired) electrons. The van der Waals surface area contributed by atoms with Crippen molar-refractivity contribution >= 4 is 46.2 Å². The van der Waals surface area contributed by atoms with E-state index in [1.165, 1.54) is 0 Å². The van der Waals surface area contributed by atoms with Crippen molar-refractivity contribution in [2.24, 2.45) is 0 Å². The molecular weight excluding hydrogens is 303 g/mol. The van der Waals surface area contributed by atoms with Crippen molar-refractivity contribution in [2.75, 3.05) is 23.7 Å². The zero-order valence-corrected chi connectivity index (χ0v) is 12.4. The van der Waals surface area contributed by atoms with Gasteiger partial charge in [0, 0.05) is 18.1 Å². The largest absolute Gasteiger partial charge is 0.382 e. The number of anilines is 2. The van der Waals surface area contributed by atoms with E-state index in [9.17, 15) is 0 Å². The van der Waals surface area contributed by atoms with Crippen molar-refractivity contribution in [3.05, 3.63) is 57.5 Å². The second-order valence-electron chi connectivity index (χ2n) is 3.96. The molecule has 5 heteroatoms. The van der Waals surface area contributed by atoms with Crippen LogP contribution in [0.15, 0.2) is 42.5 Å². The lowest BCUT2D eigenvalue weighted by Gasteiger charge is -2.11. The van der Waals surface area contributed by atoms with Gasteiger partial charge in [0.2, 0.25) is 0 Å². The molecule has 0 heterocycles. The molecule has 100 valence electrons. The van der Waals surface area contributed by atoms with Crippen molar-refractivity contribution in [3.8, 4) is 0 Å². The third-order valence-corrected chi connectivity index (χ3v) is 3.44. The van der Waals surface area contributed by atoms with E-state index in [1.807, 2.05) is 30.3 Å². The summed E-state index contributed by atoms with van der Waals surface area (Å²) in [5.74, 6) is 0. The second-order valence-corrected chi connectivity index (χ2v) is 5.21. The van der Waals surface area contributed by atoms with Crippen LogP contribution in [0.5, 0.6) is 0 Å². The minimum absolute atomic E-state index is 0.616. The number of nitrogens with one attached hydrogen (secondary N) is 2. The van der Waals surface area contributed by atoms with E-state index in [0.29, 0.717) is 15.1 Å². The zero-order chi connectivity index (χ0) is 13.7. The average Bonchev–Trinajstić information content (AvgIpc) is 2.38. The molecule has 0 aromatic heterocycles. The normalized spacial score (nSPS) is 10.3. The lowest BCUT2D eigenvalue weighted by Crippen LogP contribution is -2.13. The highest BCUT2D eigenvalue weighted by molar-refractivity contribution is 6.36. The lowest BCUT2D eigenvalue weighted by molar-refractivity contribution is 1.08. The van der Waals surface area contributed by atoms with Gasteiger partial charge in [-0.3, -0.25) is 0 Å². The first kappa shape index (κ1) is 14.3. The second kappa shape index (κ2) is 6.90. The van der Waals surface area contributed by atoms with Crippen molar-refractivity contribution < 1.29 is 0 Å². The maximum absolute atomic E-state index is 6.06. The van der Waals surface area contributed by atoms with Crippen LogP contribution in [0.3, 0.4) is 0 Å². The van der Waals surface area contributed by atoms with Gasteiger partial charge in [0.15, 0.2) is 0 Å². The van der Waals surface area contributed by atoms with Gasteiger partial charge < -0.3 is 10.6 Å². The fourth-order valence-corrected chi connectivity index (χ4v) is 2.31. The summed E-state index contributed by atoms with van der Waals surface area (Å²) in [6.45, 7) is 1.47. The Morgan fingerprint density at radius 1 is 0.737 bits per heavy atom. The first-order valence-corrected chi connectivity index (χ1v) is 6.97. The van der Waals surface area contributed by atoms with Gasteiger partial charge in [-0.25, -0.2) is 0 Å². The van der Waals surface area contributed by atoms with Crippen LogP contribution in [0, 0.1) is 0 Å². The van der Waals surface area contributed by atoms with Crippen LogP contribution in [-0.4, -0.2) is 13.1 Å². The smallest absolute Gasteiger partial charge is 0.0652 e. The fraction of sp³-hybridized carbons (Fsp3) is 0.143. The number of hydrogen-bond donors (Lipinski definition) is 2. The van der Waals surface area contributed by atoms with E-state index in [-0.39, 0.29) is 0 Å². The van der Waals surface area contributed by atoms with Crippen molar-refractivity contribution in [1.29, 1.82) is 0 Å². The molecule has 19 heavy (non-hydrogen) atoms. The Kier molecular flexibility index (Phi) is 5.20. The highest BCUT2D eigenvalue weighted by atomic mass is 35.5. The topological polar surface area (TPSA) is 24.1 Å². The zero-order valence-electron chi connectivity index (χ0n) is 10.1. The molecule has 0 saturated carbocycles. The Morgan fingerprint density at radius 3 is 2.00 bits per heavy atom. The highest BCUT2D eigenvalue weighted by Crippen LogP contribution is 2.25. The predicted molar refractivity (Wildman–Crippen MR) is 84.9 cm³/mol. The van der Waals surface area contributed by atoms with Crippen molar-refractivity contribution in [3.63, 3.8) is 0 Å². The van der Waals surface area contributed by atoms with Crippen LogP contribution in [0.4, 0.5) is 11.4 Å². The molecule has 0 amide bonds. The third-order valence-electron chi connectivity index (χ3n) is 2.56. The Morgan fingerprint density at radius 2 is 1.37 bits per heavy atom. The summed E-state index contributed by atoms with van der Waals surface area (Å²) < 4.78 is 0. The lowest BCUT2D eigenvalue weighted by atomic mass is 10.3. The van der Waals surface area contributed by atoms with Gasteiger partial charge in [0.1, 0.15) is 0 Å². The van der Waals surface area contributed by atoms with Crippen molar-refractivity contribution in [1.82, 2.24) is 0 Å². The Hall–Kier alpha value is -1.09. The fourth-order valence-electron chi connectivity index (χ4n) is 1.63. The van der Waals surface area contributed by atoms with Crippen LogP contribution in [0.1, 0.15) is 0 Å². The average molecular weight is 316 g/mol. The Labute approximate surface area is 127 Å². The summed E-state index contributed by atoms with van der Waals surface area (Å²) >= 11 is 17.9. The Bertz CT molecular complexity index is 558. The number of rotatable bonds is 5. The van der Waals surface area contributed by atoms with E-state index in [1.54, 1.807) is 12.1 Å². The summed E-state index contributed by atoms with van der Waals surface area (Å²) in [7, 11) is 0. The highest BCUT2D eigenvalue weighted by Gasteiger charge is 2.01. The van der Waals surface area contributed by atoms with Gasteiger partial charge in [-0.05, 0) is 30.3 Å². The molecule has 2 nitrogen and oxygen atoms in total. The number of para-hydroxylation sites is 1. The van der Waals surface area contributed by atoms with Gasteiger partial charge in [-0.15, -0.1) is 0 Å². The summed E-state index contributed by atoms with van der Waals surface area (Å²) in [5.41, 5.74) is 1.79. The number of hydrogen-bond acceptors (Lipinski definition) is 2. The van der Waals surface area contributed by atoms with Crippen LogP contribution in [-0.2, 0) is 0 Å². The van der Waals surface area contributed by atoms with Crippen LogP contribution < -0.4 is 10.6 Å². The van der Waals surface area contributed by atoms with Crippen molar-refractivity contribution in [2.45, 2.75) is 0 Å². The minimum Gasteiger partial charge on any atom is -0.382 e. The number of halogens is 3. The SMILES string of the molecule is Clc1ccc(NCCNc2ccccc2Cl)c(Cl)c1. The van der Waals surface area contributed by atoms with Gasteiger partial charge in [0.25, 0.3) is 0 Å². The molecule has 0 bridgehead atoms. The van der Waals surface area contributed by atoms with Gasteiger partial charge in [-0.1, -0.05) is 46.9 Å². The van der Waals surface area contributed by atoms with E-state index < -0.39 is 0 Å². The molecule has 0 atom stereocenters. The van der Waals surface area contributed by atoms with Gasteiger partial charge in [0.05, 0.1) is 21.4 Å². The molecule has 0 spiro atoms. The number of benzene rings is 2. The molecule has 0 aliphatic carbocycles. The van der Waals surface area contributed by atoms with E-state index in [2.05, 4.69) is 10.6 Å². The van der Waals surface area contributed by atoms with E-state index >= 15 is 0 Å². The quantitative estimate of drug-likeness (QED) is 0.744. The maximum Gasteiger partial charge on any atom is 0.0652 e. The van der Waals surface area contributed by atoms with Crippen LogP contribution >= 0.6 is 34.8 Å². The van der Waals surface area contributed by atoms with E-state index in [4.69, 9.17) is 34.8 Å². The molecular formula is C14H13Cl3N2. The molecule has 2 rings (SSSR count). The molecule has 0 unspecified atom stereocenters. The van der Waals surface area contributed by atoms with Gasteiger partial charge >= 0.3 is 0 Å². The van der Waals surface area contributed by atoms with Crippen LogP contribution in [0.2, 0.25) is 15.1 Å². The predicted octanol–water partition coefficient (Wildman–Crippen LogP) is 5.17. The molecule has 0 aliphatic rings. The van der Waals surface area contributed by atoms with E-state index in [0.717, 1.165) is 24.5 Å². The molecule has 2 aromatic rings. The Balaban J connectivity index is 1.83. The molecule has 0 saturated heterocycles. The first-order valence-electron chi connectivity index (χ1n) is 5.84.